The van der Waals surface area contributed by atoms with E-state index >= 15 is 0 Å². The summed E-state index contributed by atoms with van der Waals surface area (Å²) in [4.78, 5) is 6.57. The summed E-state index contributed by atoms with van der Waals surface area (Å²) in [5, 5.41) is 0. The normalized spacial score (nSPS) is 17.7. The monoisotopic (exact) mass is 220 g/mol. The lowest BCUT2D eigenvalue weighted by molar-refractivity contribution is 0.185. The van der Waals surface area contributed by atoms with Crippen LogP contribution in [0, 0.1) is 5.92 Å². The highest BCUT2D eigenvalue weighted by Crippen LogP contribution is 2.17. The Morgan fingerprint density at radius 2 is 1.75 bits per heavy atom. The molecule has 0 amide bonds. The van der Waals surface area contributed by atoms with Crippen molar-refractivity contribution in [3.63, 3.8) is 0 Å². The van der Waals surface area contributed by atoms with Crippen molar-refractivity contribution in [2.75, 3.05) is 13.1 Å². The van der Waals surface area contributed by atoms with E-state index in [9.17, 15) is 0 Å². The maximum Gasteiger partial charge on any atom is 0.0271 e. The van der Waals surface area contributed by atoms with E-state index in [2.05, 4.69) is 28.9 Å². The minimum Gasteiger partial charge on any atom is -0.299 e. The Labute approximate surface area is 99.7 Å². The first-order chi connectivity index (χ1) is 7.84. The lowest BCUT2D eigenvalue weighted by Crippen LogP contribution is -2.32. The molecule has 1 aromatic rings. The molecule has 0 saturated carbocycles. The fourth-order valence-electron chi connectivity index (χ4n) is 1.97. The zero-order valence-corrected chi connectivity index (χ0v) is 10.8. The third-order valence-corrected chi connectivity index (χ3v) is 3.03. The summed E-state index contributed by atoms with van der Waals surface area (Å²) >= 11 is 0. The van der Waals surface area contributed by atoms with E-state index in [-0.39, 0.29) is 0 Å². The van der Waals surface area contributed by atoms with Gasteiger partial charge in [-0.25, -0.2) is 0 Å². The molecule has 0 atom stereocenters. The molecule has 2 rings (SSSR count). The predicted molar refractivity (Wildman–Crippen MR) is 69.3 cm³/mol. The van der Waals surface area contributed by atoms with Gasteiger partial charge in [0.2, 0.25) is 0 Å². The third kappa shape index (κ3) is 4.31. The van der Waals surface area contributed by atoms with E-state index < -0.39 is 0 Å². The zero-order valence-electron chi connectivity index (χ0n) is 10.8. The summed E-state index contributed by atoms with van der Waals surface area (Å²) in [7, 11) is 0. The quantitative estimate of drug-likeness (QED) is 0.760. The second kappa shape index (κ2) is 7.39. The van der Waals surface area contributed by atoms with Crippen molar-refractivity contribution in [3.8, 4) is 0 Å². The van der Waals surface area contributed by atoms with Crippen molar-refractivity contribution >= 4 is 0 Å². The molecule has 2 heteroatoms. The molecule has 0 aliphatic carbocycles. The smallest absolute Gasteiger partial charge is 0.0271 e. The minimum atomic E-state index is 0.920. The molecule has 0 radical (unpaired) electrons. The van der Waals surface area contributed by atoms with Crippen LogP contribution < -0.4 is 0 Å². The van der Waals surface area contributed by atoms with Gasteiger partial charge in [0.15, 0.2) is 0 Å². The van der Waals surface area contributed by atoms with Gasteiger partial charge < -0.3 is 0 Å². The highest BCUT2D eigenvalue weighted by atomic mass is 15.1. The SMILES string of the molecule is CC.CC1CCN(Cc2ccncc2)CC1. The summed E-state index contributed by atoms with van der Waals surface area (Å²) in [6.45, 7) is 9.95. The van der Waals surface area contributed by atoms with Crippen LogP contribution in [0.15, 0.2) is 24.5 Å². The first-order valence-electron chi connectivity index (χ1n) is 6.46. The van der Waals surface area contributed by atoms with Crippen LogP contribution in [0.4, 0.5) is 0 Å². The molecule has 2 nitrogen and oxygen atoms in total. The van der Waals surface area contributed by atoms with Crippen LogP contribution in [0.5, 0.6) is 0 Å². The Balaban J connectivity index is 0.000000606. The van der Waals surface area contributed by atoms with E-state index in [0.29, 0.717) is 0 Å². The number of rotatable bonds is 2. The Bertz CT molecular complexity index is 263. The van der Waals surface area contributed by atoms with E-state index in [1.54, 1.807) is 0 Å². The fourth-order valence-corrected chi connectivity index (χ4v) is 1.97. The molecule has 1 aromatic heterocycles. The van der Waals surface area contributed by atoms with Crippen molar-refractivity contribution < 1.29 is 0 Å². The van der Waals surface area contributed by atoms with Crippen molar-refractivity contribution in [1.29, 1.82) is 0 Å². The standard InChI is InChI=1S/C12H18N2.C2H6/c1-11-4-8-14(9-5-11)10-12-2-6-13-7-3-12;1-2/h2-3,6-7,11H,4-5,8-10H2,1H3;1-2H3. The molecular formula is C14H24N2. The molecule has 0 bridgehead atoms. The van der Waals surface area contributed by atoms with Crippen molar-refractivity contribution in [3.05, 3.63) is 30.1 Å². The van der Waals surface area contributed by atoms with E-state index in [4.69, 9.17) is 0 Å². The highest BCUT2D eigenvalue weighted by molar-refractivity contribution is 5.09. The van der Waals surface area contributed by atoms with Crippen LogP contribution >= 0.6 is 0 Å². The minimum absolute atomic E-state index is 0.920. The molecule has 1 fully saturated rings. The first-order valence-corrected chi connectivity index (χ1v) is 6.46. The fraction of sp³-hybridized carbons (Fsp3) is 0.643. The molecular weight excluding hydrogens is 196 g/mol. The zero-order chi connectivity index (χ0) is 11.8. The second-order valence-electron chi connectivity index (χ2n) is 4.31. The average Bonchev–Trinajstić information content (AvgIpc) is 2.36. The van der Waals surface area contributed by atoms with E-state index in [1.807, 2.05) is 26.2 Å². The van der Waals surface area contributed by atoms with Crippen molar-refractivity contribution in [2.45, 2.75) is 40.2 Å². The summed E-state index contributed by atoms with van der Waals surface area (Å²) in [6.07, 6.45) is 6.46. The molecule has 90 valence electrons. The Morgan fingerprint density at radius 1 is 1.19 bits per heavy atom. The number of nitrogens with zero attached hydrogens (tertiary/aromatic N) is 2. The van der Waals surface area contributed by atoms with Crippen LogP contribution in [0.3, 0.4) is 0 Å². The van der Waals surface area contributed by atoms with E-state index in [1.165, 1.54) is 31.5 Å². The Kier molecular flexibility index (Phi) is 6.09. The number of hydrogen-bond acceptors (Lipinski definition) is 2. The van der Waals surface area contributed by atoms with Gasteiger partial charge in [-0.15, -0.1) is 0 Å². The number of likely N-dealkylation sites (tertiary alicyclic amines) is 1. The Hall–Kier alpha value is -0.890. The molecule has 1 aliphatic heterocycles. The molecule has 16 heavy (non-hydrogen) atoms. The predicted octanol–water partition coefficient (Wildman–Crippen LogP) is 3.34. The van der Waals surface area contributed by atoms with Gasteiger partial charge in [-0.3, -0.25) is 9.88 Å². The van der Waals surface area contributed by atoms with Gasteiger partial charge in [0.1, 0.15) is 0 Å². The van der Waals surface area contributed by atoms with Crippen LogP contribution in [-0.2, 0) is 6.54 Å². The van der Waals surface area contributed by atoms with Crippen molar-refractivity contribution in [1.82, 2.24) is 9.88 Å². The molecule has 1 aliphatic rings. The average molecular weight is 220 g/mol. The van der Waals surface area contributed by atoms with E-state index in [0.717, 1.165) is 12.5 Å². The first kappa shape index (κ1) is 13.2. The Morgan fingerprint density at radius 3 is 2.31 bits per heavy atom. The summed E-state index contributed by atoms with van der Waals surface area (Å²) in [5.74, 6) is 0.920. The molecule has 0 N–H and O–H groups in total. The molecule has 0 aromatic carbocycles. The van der Waals surface area contributed by atoms with Gasteiger partial charge in [-0.2, -0.15) is 0 Å². The van der Waals surface area contributed by atoms with Gasteiger partial charge in [0.05, 0.1) is 0 Å². The maximum absolute atomic E-state index is 4.03. The maximum atomic E-state index is 4.03. The van der Waals surface area contributed by atoms with Crippen LogP contribution in [0.2, 0.25) is 0 Å². The lowest BCUT2D eigenvalue weighted by Gasteiger charge is -2.30. The van der Waals surface area contributed by atoms with Crippen LogP contribution in [-0.4, -0.2) is 23.0 Å². The molecule has 0 unspecified atom stereocenters. The van der Waals surface area contributed by atoms with Gasteiger partial charge >= 0.3 is 0 Å². The molecule has 0 spiro atoms. The van der Waals surface area contributed by atoms with Gasteiger partial charge in [-0.1, -0.05) is 20.8 Å². The number of hydrogen-bond donors (Lipinski definition) is 0. The van der Waals surface area contributed by atoms with Crippen molar-refractivity contribution in [2.24, 2.45) is 5.92 Å². The van der Waals surface area contributed by atoms with Crippen LogP contribution in [0.25, 0.3) is 0 Å². The largest absolute Gasteiger partial charge is 0.299 e. The third-order valence-electron chi connectivity index (χ3n) is 3.03. The molecule has 1 saturated heterocycles. The molecule has 2 heterocycles. The second-order valence-corrected chi connectivity index (χ2v) is 4.31. The highest BCUT2D eigenvalue weighted by Gasteiger charge is 2.15. The van der Waals surface area contributed by atoms with Gasteiger partial charge in [0, 0.05) is 18.9 Å². The van der Waals surface area contributed by atoms with Gasteiger partial charge in [0.25, 0.3) is 0 Å². The summed E-state index contributed by atoms with van der Waals surface area (Å²) in [5.41, 5.74) is 1.38. The summed E-state index contributed by atoms with van der Waals surface area (Å²) < 4.78 is 0. The van der Waals surface area contributed by atoms with Gasteiger partial charge in [-0.05, 0) is 49.5 Å². The topological polar surface area (TPSA) is 16.1 Å². The summed E-state index contributed by atoms with van der Waals surface area (Å²) in [6, 6.07) is 4.22. The number of piperidine rings is 1. The number of pyridine rings is 1. The number of aromatic nitrogens is 1. The van der Waals surface area contributed by atoms with Crippen LogP contribution in [0.1, 0.15) is 39.2 Å². The lowest BCUT2D eigenvalue weighted by atomic mass is 9.99.